The Morgan fingerprint density at radius 2 is 1.95 bits per heavy atom. The van der Waals surface area contributed by atoms with E-state index in [1.54, 1.807) is 27.7 Å². The number of ether oxygens (including phenoxy) is 1. The fraction of sp³-hybridized carbons (Fsp3) is 0.467. The van der Waals surface area contributed by atoms with Crippen molar-refractivity contribution in [2.45, 2.75) is 39.7 Å². The highest BCUT2D eigenvalue weighted by Gasteiger charge is 2.24. The normalized spacial score (nSPS) is 11.1. The molecule has 21 heavy (non-hydrogen) atoms. The van der Waals surface area contributed by atoms with E-state index < -0.39 is 23.5 Å². The summed E-state index contributed by atoms with van der Waals surface area (Å²) in [5.41, 5.74) is -0.115. The van der Waals surface area contributed by atoms with Crippen molar-refractivity contribution in [2.24, 2.45) is 0 Å². The molecule has 0 saturated heterocycles. The summed E-state index contributed by atoms with van der Waals surface area (Å²) < 4.78 is 18.7. The molecule has 0 aliphatic heterocycles. The highest BCUT2D eigenvalue weighted by molar-refractivity contribution is 5.90. The average molecular weight is 297 g/mol. The predicted octanol–water partition coefficient (Wildman–Crippen LogP) is 3.21. The molecule has 0 aromatic heterocycles. The van der Waals surface area contributed by atoms with Crippen LogP contribution in [0.4, 0.5) is 14.9 Å². The number of aliphatic carboxylic acids is 1. The molecule has 1 aromatic rings. The van der Waals surface area contributed by atoms with Crippen molar-refractivity contribution >= 4 is 17.7 Å². The minimum atomic E-state index is -1.05. The Morgan fingerprint density at radius 1 is 1.33 bits per heavy atom. The van der Waals surface area contributed by atoms with Gasteiger partial charge in [0.2, 0.25) is 0 Å². The Morgan fingerprint density at radius 3 is 2.43 bits per heavy atom. The van der Waals surface area contributed by atoms with Crippen LogP contribution in [0.25, 0.3) is 0 Å². The number of hydrogen-bond donors (Lipinski definition) is 1. The van der Waals surface area contributed by atoms with Crippen LogP contribution < -0.4 is 4.90 Å². The topological polar surface area (TPSA) is 66.8 Å². The third kappa shape index (κ3) is 5.06. The smallest absolute Gasteiger partial charge is 0.414 e. The molecule has 6 heteroatoms. The van der Waals surface area contributed by atoms with E-state index in [4.69, 9.17) is 9.84 Å². The van der Waals surface area contributed by atoms with Gasteiger partial charge in [0.05, 0.1) is 12.1 Å². The molecule has 1 amide bonds. The zero-order valence-electron chi connectivity index (χ0n) is 12.6. The van der Waals surface area contributed by atoms with Gasteiger partial charge in [0, 0.05) is 6.54 Å². The zero-order chi connectivity index (χ0) is 16.2. The number of carboxylic acid groups (broad SMARTS) is 1. The molecule has 1 aromatic carbocycles. The number of carbonyl (C=O) groups excluding carboxylic acids is 1. The van der Waals surface area contributed by atoms with Gasteiger partial charge in [0.15, 0.2) is 0 Å². The SMILES string of the molecule is CCN(C(=O)OC(C)(C)C)c1cc(F)ccc1CC(=O)O. The summed E-state index contributed by atoms with van der Waals surface area (Å²) in [6.07, 6.45) is -0.934. The zero-order valence-corrected chi connectivity index (χ0v) is 12.6. The highest BCUT2D eigenvalue weighted by Crippen LogP contribution is 2.24. The van der Waals surface area contributed by atoms with Gasteiger partial charge in [0.1, 0.15) is 11.4 Å². The van der Waals surface area contributed by atoms with Crippen LogP contribution in [0.2, 0.25) is 0 Å². The van der Waals surface area contributed by atoms with Gasteiger partial charge in [-0.1, -0.05) is 6.07 Å². The summed E-state index contributed by atoms with van der Waals surface area (Å²) in [4.78, 5) is 24.3. The van der Waals surface area contributed by atoms with Crippen molar-refractivity contribution in [1.29, 1.82) is 0 Å². The lowest BCUT2D eigenvalue weighted by atomic mass is 10.1. The number of halogens is 1. The molecule has 1 rings (SSSR count). The third-order valence-electron chi connectivity index (χ3n) is 2.61. The lowest BCUT2D eigenvalue weighted by molar-refractivity contribution is -0.136. The first-order chi connectivity index (χ1) is 9.64. The van der Waals surface area contributed by atoms with Crippen LogP contribution in [-0.4, -0.2) is 29.3 Å². The average Bonchev–Trinajstić information content (AvgIpc) is 2.30. The number of carboxylic acids is 1. The van der Waals surface area contributed by atoms with Gasteiger partial charge in [0.25, 0.3) is 0 Å². The van der Waals surface area contributed by atoms with E-state index in [-0.39, 0.29) is 18.7 Å². The Balaban J connectivity index is 3.17. The van der Waals surface area contributed by atoms with Gasteiger partial charge in [-0.25, -0.2) is 9.18 Å². The van der Waals surface area contributed by atoms with Crippen molar-refractivity contribution < 1.29 is 23.8 Å². The molecule has 0 aliphatic rings. The molecule has 0 atom stereocenters. The second-order valence-electron chi connectivity index (χ2n) is 5.57. The largest absolute Gasteiger partial charge is 0.481 e. The summed E-state index contributed by atoms with van der Waals surface area (Å²) in [5, 5.41) is 8.91. The van der Waals surface area contributed by atoms with E-state index in [0.29, 0.717) is 5.56 Å². The van der Waals surface area contributed by atoms with E-state index in [9.17, 15) is 14.0 Å². The standard InChI is InChI=1S/C15H20FNO4/c1-5-17(14(20)21-15(2,3)4)12-9-11(16)7-6-10(12)8-13(18)19/h6-7,9H,5,8H2,1-4H3,(H,18,19). The Kier molecular flexibility index (Phi) is 5.29. The Labute approximate surface area is 123 Å². The monoisotopic (exact) mass is 297 g/mol. The fourth-order valence-corrected chi connectivity index (χ4v) is 1.82. The van der Waals surface area contributed by atoms with E-state index in [2.05, 4.69) is 0 Å². The van der Waals surface area contributed by atoms with Crippen molar-refractivity contribution in [3.63, 3.8) is 0 Å². The van der Waals surface area contributed by atoms with Gasteiger partial charge in [-0.3, -0.25) is 9.69 Å². The van der Waals surface area contributed by atoms with E-state index >= 15 is 0 Å². The minimum absolute atomic E-state index is 0.217. The fourth-order valence-electron chi connectivity index (χ4n) is 1.82. The molecule has 0 bridgehead atoms. The molecule has 0 spiro atoms. The Bertz CT molecular complexity index is 537. The lowest BCUT2D eigenvalue weighted by Gasteiger charge is -2.27. The van der Waals surface area contributed by atoms with Crippen LogP contribution in [-0.2, 0) is 16.0 Å². The maximum atomic E-state index is 13.5. The quantitative estimate of drug-likeness (QED) is 0.926. The van der Waals surface area contributed by atoms with Crippen LogP contribution in [0, 0.1) is 5.82 Å². The molecule has 0 saturated carbocycles. The molecule has 1 N–H and O–H groups in total. The van der Waals surface area contributed by atoms with Crippen molar-refractivity contribution in [1.82, 2.24) is 0 Å². The van der Waals surface area contributed by atoms with Crippen LogP contribution in [0.1, 0.15) is 33.3 Å². The molecule has 0 unspecified atom stereocenters. The number of amides is 1. The second-order valence-corrected chi connectivity index (χ2v) is 5.57. The van der Waals surface area contributed by atoms with Gasteiger partial charge in [-0.15, -0.1) is 0 Å². The molecule has 0 aliphatic carbocycles. The van der Waals surface area contributed by atoms with Gasteiger partial charge < -0.3 is 9.84 Å². The second kappa shape index (κ2) is 6.56. The number of carbonyl (C=O) groups is 2. The Hall–Kier alpha value is -2.11. The summed E-state index contributed by atoms with van der Waals surface area (Å²) in [6, 6.07) is 3.68. The molecule has 0 fully saturated rings. The number of rotatable bonds is 4. The van der Waals surface area contributed by atoms with E-state index in [1.807, 2.05) is 0 Å². The molecule has 116 valence electrons. The summed E-state index contributed by atoms with van der Waals surface area (Å²) in [6.45, 7) is 7.12. The van der Waals surface area contributed by atoms with E-state index in [0.717, 1.165) is 6.07 Å². The van der Waals surface area contributed by atoms with Crippen LogP contribution in [0.15, 0.2) is 18.2 Å². The first-order valence-corrected chi connectivity index (χ1v) is 6.64. The van der Waals surface area contributed by atoms with Crippen LogP contribution >= 0.6 is 0 Å². The first-order valence-electron chi connectivity index (χ1n) is 6.64. The van der Waals surface area contributed by atoms with Gasteiger partial charge in [-0.05, 0) is 45.4 Å². The number of hydrogen-bond acceptors (Lipinski definition) is 3. The van der Waals surface area contributed by atoms with Crippen molar-refractivity contribution in [3.05, 3.63) is 29.6 Å². The summed E-state index contributed by atoms with van der Waals surface area (Å²) in [7, 11) is 0. The van der Waals surface area contributed by atoms with Crippen molar-refractivity contribution in [3.8, 4) is 0 Å². The molecule has 5 nitrogen and oxygen atoms in total. The molecular formula is C15H20FNO4. The minimum Gasteiger partial charge on any atom is -0.481 e. The maximum Gasteiger partial charge on any atom is 0.414 e. The summed E-state index contributed by atoms with van der Waals surface area (Å²) in [5.74, 6) is -1.59. The lowest BCUT2D eigenvalue weighted by Crippen LogP contribution is -2.37. The molecule has 0 radical (unpaired) electrons. The first kappa shape index (κ1) is 16.9. The molecular weight excluding hydrogens is 277 g/mol. The van der Waals surface area contributed by atoms with Crippen LogP contribution in [0.3, 0.4) is 0 Å². The highest BCUT2D eigenvalue weighted by atomic mass is 19.1. The third-order valence-corrected chi connectivity index (χ3v) is 2.61. The van der Waals surface area contributed by atoms with Gasteiger partial charge >= 0.3 is 12.1 Å². The molecule has 0 heterocycles. The number of benzene rings is 1. The summed E-state index contributed by atoms with van der Waals surface area (Å²) >= 11 is 0. The van der Waals surface area contributed by atoms with Crippen molar-refractivity contribution in [2.75, 3.05) is 11.4 Å². The number of anilines is 1. The number of nitrogens with zero attached hydrogens (tertiary/aromatic N) is 1. The van der Waals surface area contributed by atoms with E-state index in [1.165, 1.54) is 17.0 Å². The van der Waals surface area contributed by atoms with Gasteiger partial charge in [-0.2, -0.15) is 0 Å². The van der Waals surface area contributed by atoms with Crippen LogP contribution in [0.5, 0.6) is 0 Å². The predicted molar refractivity (Wildman–Crippen MR) is 77.0 cm³/mol. The maximum absolute atomic E-state index is 13.5.